The first kappa shape index (κ1) is 15.4. The fraction of sp³-hybridized carbons (Fsp3) is 1.00. The first-order chi connectivity index (χ1) is 5.97. The molecule has 13 heavy (non-hydrogen) atoms. The topological polar surface area (TPSA) is 27.7 Å². The second kappa shape index (κ2) is 9.96. The monoisotopic (exact) mass is 192 g/mol. The molecule has 0 aromatic carbocycles. The summed E-state index contributed by atoms with van der Waals surface area (Å²) >= 11 is 0. The van der Waals surface area contributed by atoms with Gasteiger partial charge in [-0.05, 0) is 27.7 Å². The van der Waals surface area contributed by atoms with Gasteiger partial charge in [0.05, 0.1) is 18.8 Å². The van der Waals surface area contributed by atoms with Gasteiger partial charge in [0.25, 0.3) is 0 Å². The van der Waals surface area contributed by atoms with Crippen molar-refractivity contribution in [1.29, 1.82) is 0 Å². The summed E-state index contributed by atoms with van der Waals surface area (Å²) in [5, 5.41) is 0. The van der Waals surface area contributed by atoms with Gasteiger partial charge in [-0.1, -0.05) is 0 Å². The summed E-state index contributed by atoms with van der Waals surface area (Å²) in [6, 6.07) is 0. The Kier molecular flexibility index (Phi) is 11.8. The summed E-state index contributed by atoms with van der Waals surface area (Å²) in [6.07, 6.45) is 0. The van der Waals surface area contributed by atoms with Gasteiger partial charge < -0.3 is 14.2 Å². The molecular formula is C10H24O3. The van der Waals surface area contributed by atoms with Crippen molar-refractivity contribution in [3.63, 3.8) is 0 Å². The van der Waals surface area contributed by atoms with Gasteiger partial charge in [-0.15, -0.1) is 0 Å². The van der Waals surface area contributed by atoms with Gasteiger partial charge >= 0.3 is 0 Å². The third-order valence-electron chi connectivity index (χ3n) is 0.967. The summed E-state index contributed by atoms with van der Waals surface area (Å²) in [6.45, 7) is 10.3. The lowest BCUT2D eigenvalue weighted by molar-refractivity contribution is -0.0331. The zero-order valence-corrected chi connectivity index (χ0v) is 9.85. The van der Waals surface area contributed by atoms with Gasteiger partial charge in [-0.25, -0.2) is 0 Å². The molecule has 0 amide bonds. The van der Waals surface area contributed by atoms with E-state index in [-0.39, 0.29) is 5.60 Å². The second-order valence-electron chi connectivity index (χ2n) is 3.57. The van der Waals surface area contributed by atoms with E-state index in [4.69, 9.17) is 9.47 Å². The minimum atomic E-state index is -0.0307. The minimum absolute atomic E-state index is 0.0307. The Hall–Kier alpha value is -0.120. The third-order valence-corrected chi connectivity index (χ3v) is 0.967. The molecule has 0 aromatic heterocycles. The van der Waals surface area contributed by atoms with E-state index >= 15 is 0 Å². The lowest BCUT2D eigenvalue weighted by atomic mass is 10.2. The molecule has 0 rings (SSSR count). The molecule has 0 N–H and O–H groups in total. The smallest absolute Gasteiger partial charge is 0.0707 e. The van der Waals surface area contributed by atoms with E-state index in [2.05, 4.69) is 4.74 Å². The van der Waals surface area contributed by atoms with Crippen LogP contribution in [0.5, 0.6) is 0 Å². The molecule has 0 aliphatic carbocycles. The summed E-state index contributed by atoms with van der Waals surface area (Å²) in [5.74, 6) is 0. The first-order valence-electron chi connectivity index (χ1n) is 4.59. The summed E-state index contributed by atoms with van der Waals surface area (Å²) < 4.78 is 14.8. The Morgan fingerprint density at radius 1 is 1.00 bits per heavy atom. The van der Waals surface area contributed by atoms with E-state index in [9.17, 15) is 0 Å². The molecular weight excluding hydrogens is 168 g/mol. The van der Waals surface area contributed by atoms with Crippen LogP contribution in [0.15, 0.2) is 0 Å². The molecule has 0 aliphatic rings. The van der Waals surface area contributed by atoms with Gasteiger partial charge in [0, 0.05) is 20.8 Å². The number of hydrogen-bond acceptors (Lipinski definition) is 3. The van der Waals surface area contributed by atoms with E-state index in [1.165, 1.54) is 0 Å². The standard InChI is InChI=1S/C8H18O2.C2H6O/c1-5-9-6-7-10-8(2,3)4;1-3-2/h5-7H2,1-4H3;1-2H3. The lowest BCUT2D eigenvalue weighted by Crippen LogP contribution is -2.21. The van der Waals surface area contributed by atoms with E-state index in [1.807, 2.05) is 27.7 Å². The fourth-order valence-corrected chi connectivity index (χ4v) is 0.551. The maximum absolute atomic E-state index is 5.41. The molecule has 0 heterocycles. The quantitative estimate of drug-likeness (QED) is 0.638. The average Bonchev–Trinajstić information content (AvgIpc) is 1.98. The van der Waals surface area contributed by atoms with Crippen LogP contribution in [0.3, 0.4) is 0 Å². The highest BCUT2D eigenvalue weighted by atomic mass is 16.5. The number of ether oxygens (including phenoxy) is 3. The predicted molar refractivity (Wildman–Crippen MR) is 55.1 cm³/mol. The van der Waals surface area contributed by atoms with E-state index in [0.29, 0.717) is 13.2 Å². The zero-order chi connectivity index (χ0) is 10.7. The lowest BCUT2D eigenvalue weighted by Gasteiger charge is -2.19. The molecule has 0 saturated heterocycles. The van der Waals surface area contributed by atoms with Crippen LogP contribution >= 0.6 is 0 Å². The molecule has 3 nitrogen and oxygen atoms in total. The molecule has 3 heteroatoms. The molecule has 0 saturated carbocycles. The molecule has 0 fully saturated rings. The van der Waals surface area contributed by atoms with Gasteiger partial charge in [-0.2, -0.15) is 0 Å². The van der Waals surface area contributed by atoms with Crippen LogP contribution < -0.4 is 0 Å². The Morgan fingerprint density at radius 2 is 1.46 bits per heavy atom. The SMILES string of the molecule is CCOCCOC(C)(C)C.COC. The van der Waals surface area contributed by atoms with Crippen molar-refractivity contribution in [1.82, 2.24) is 0 Å². The summed E-state index contributed by atoms with van der Waals surface area (Å²) in [5.41, 5.74) is -0.0307. The average molecular weight is 192 g/mol. The number of rotatable bonds is 4. The Morgan fingerprint density at radius 3 is 1.77 bits per heavy atom. The maximum Gasteiger partial charge on any atom is 0.0707 e. The minimum Gasteiger partial charge on any atom is -0.388 e. The number of hydrogen-bond donors (Lipinski definition) is 0. The van der Waals surface area contributed by atoms with Crippen molar-refractivity contribution in [2.24, 2.45) is 0 Å². The highest BCUT2D eigenvalue weighted by molar-refractivity contribution is 4.57. The number of methoxy groups -OCH3 is 1. The van der Waals surface area contributed by atoms with E-state index < -0.39 is 0 Å². The Balaban J connectivity index is 0. The van der Waals surface area contributed by atoms with Crippen LogP contribution in [0, 0.1) is 0 Å². The van der Waals surface area contributed by atoms with Gasteiger partial charge in [0.1, 0.15) is 0 Å². The Bertz CT molecular complexity index is 86.7. The van der Waals surface area contributed by atoms with Crippen molar-refractivity contribution in [3.05, 3.63) is 0 Å². The molecule has 0 spiro atoms. The highest BCUT2D eigenvalue weighted by Crippen LogP contribution is 2.05. The van der Waals surface area contributed by atoms with Crippen molar-refractivity contribution in [3.8, 4) is 0 Å². The molecule has 0 bridgehead atoms. The normalized spacial score (nSPS) is 10.6. The fourth-order valence-electron chi connectivity index (χ4n) is 0.551. The second-order valence-corrected chi connectivity index (χ2v) is 3.57. The van der Waals surface area contributed by atoms with Crippen LogP contribution in [0.1, 0.15) is 27.7 Å². The van der Waals surface area contributed by atoms with Crippen LogP contribution in [0.2, 0.25) is 0 Å². The molecule has 0 atom stereocenters. The van der Waals surface area contributed by atoms with Crippen molar-refractivity contribution < 1.29 is 14.2 Å². The first-order valence-corrected chi connectivity index (χ1v) is 4.59. The van der Waals surface area contributed by atoms with Crippen LogP contribution in [0.4, 0.5) is 0 Å². The summed E-state index contributed by atoms with van der Waals surface area (Å²) in [4.78, 5) is 0. The molecule has 0 aromatic rings. The molecule has 0 radical (unpaired) electrons. The van der Waals surface area contributed by atoms with Crippen molar-refractivity contribution in [2.75, 3.05) is 34.0 Å². The van der Waals surface area contributed by atoms with Crippen LogP contribution in [-0.4, -0.2) is 39.6 Å². The highest BCUT2D eigenvalue weighted by Gasteiger charge is 2.08. The van der Waals surface area contributed by atoms with Gasteiger partial charge in [-0.3, -0.25) is 0 Å². The largest absolute Gasteiger partial charge is 0.388 e. The zero-order valence-electron chi connectivity index (χ0n) is 9.85. The van der Waals surface area contributed by atoms with Crippen LogP contribution in [0.25, 0.3) is 0 Å². The van der Waals surface area contributed by atoms with Crippen molar-refractivity contribution >= 4 is 0 Å². The molecule has 0 unspecified atom stereocenters. The van der Waals surface area contributed by atoms with Crippen molar-refractivity contribution in [2.45, 2.75) is 33.3 Å². The van der Waals surface area contributed by atoms with Crippen LogP contribution in [-0.2, 0) is 14.2 Å². The molecule has 0 aliphatic heterocycles. The van der Waals surface area contributed by atoms with E-state index in [1.54, 1.807) is 14.2 Å². The third kappa shape index (κ3) is 24.5. The predicted octanol–water partition coefficient (Wildman–Crippen LogP) is 2.10. The summed E-state index contributed by atoms with van der Waals surface area (Å²) in [7, 11) is 3.25. The van der Waals surface area contributed by atoms with Gasteiger partial charge in [0.2, 0.25) is 0 Å². The maximum atomic E-state index is 5.41. The Labute approximate surface area is 82.4 Å². The van der Waals surface area contributed by atoms with E-state index in [0.717, 1.165) is 6.61 Å². The molecule has 82 valence electrons. The van der Waals surface area contributed by atoms with Gasteiger partial charge in [0.15, 0.2) is 0 Å².